The Morgan fingerprint density at radius 2 is 1.76 bits per heavy atom. The van der Waals surface area contributed by atoms with E-state index in [4.69, 9.17) is 4.74 Å². The van der Waals surface area contributed by atoms with Gasteiger partial charge in [0.1, 0.15) is 11.3 Å². The van der Waals surface area contributed by atoms with E-state index in [-0.39, 0.29) is 11.3 Å². The van der Waals surface area contributed by atoms with Crippen LogP contribution in [-0.2, 0) is 6.42 Å². The first-order chi connectivity index (χ1) is 16.0. The van der Waals surface area contributed by atoms with Crippen LogP contribution in [-0.4, -0.2) is 22.9 Å². The lowest BCUT2D eigenvalue weighted by atomic mass is 9.92. The van der Waals surface area contributed by atoms with E-state index in [0.29, 0.717) is 48.5 Å². The molecule has 0 bridgehead atoms. The molecule has 3 aromatic rings. The number of aromatic nitrogens is 1. The van der Waals surface area contributed by atoms with Gasteiger partial charge in [-0.2, -0.15) is 0 Å². The number of ketones is 1. The Bertz CT molecular complexity index is 1220. The number of nitrogens with zero attached hydrogens (tertiary/aromatic N) is 1. The minimum atomic E-state index is -0.540. The summed E-state index contributed by atoms with van der Waals surface area (Å²) in [5.41, 5.74) is 2.91. The second-order valence-corrected chi connectivity index (χ2v) is 8.35. The molecular formula is C27H28N2O4. The van der Waals surface area contributed by atoms with E-state index >= 15 is 0 Å². The summed E-state index contributed by atoms with van der Waals surface area (Å²) >= 11 is 0. The van der Waals surface area contributed by atoms with Gasteiger partial charge in [-0.3, -0.25) is 19.0 Å². The van der Waals surface area contributed by atoms with Crippen molar-refractivity contribution in [1.82, 2.24) is 4.57 Å². The first-order valence-electron chi connectivity index (χ1n) is 11.4. The molecule has 1 aliphatic carbocycles. The fourth-order valence-electron chi connectivity index (χ4n) is 3.99. The molecule has 2 aromatic carbocycles. The maximum atomic E-state index is 13.4. The van der Waals surface area contributed by atoms with Crippen molar-refractivity contribution >= 4 is 17.4 Å². The van der Waals surface area contributed by atoms with Crippen molar-refractivity contribution in [2.24, 2.45) is 0 Å². The van der Waals surface area contributed by atoms with E-state index in [0.717, 1.165) is 24.2 Å². The van der Waals surface area contributed by atoms with Crippen LogP contribution in [0.3, 0.4) is 0 Å². The average molecular weight is 445 g/mol. The predicted octanol–water partition coefficient (Wildman–Crippen LogP) is 5.10. The number of Topliss-reactive ketones (excluding diaryl/α,β-unsaturated/α-hetero) is 1. The number of unbranched alkanes of at least 4 members (excludes halogenated alkanes) is 1. The van der Waals surface area contributed by atoms with Crippen LogP contribution in [0.1, 0.15) is 64.6 Å². The van der Waals surface area contributed by atoms with Gasteiger partial charge in [0.05, 0.1) is 6.61 Å². The van der Waals surface area contributed by atoms with Crippen molar-refractivity contribution in [1.29, 1.82) is 0 Å². The summed E-state index contributed by atoms with van der Waals surface area (Å²) in [5, 5.41) is 2.78. The third-order valence-electron chi connectivity index (χ3n) is 5.84. The lowest BCUT2D eigenvalue weighted by molar-refractivity contribution is 0.0971. The molecule has 0 spiro atoms. The number of hydrogen-bond acceptors (Lipinski definition) is 4. The van der Waals surface area contributed by atoms with E-state index in [2.05, 4.69) is 12.2 Å². The highest BCUT2D eigenvalue weighted by Gasteiger charge is 2.26. The number of hydrogen-bond donors (Lipinski definition) is 1. The molecule has 0 fully saturated rings. The van der Waals surface area contributed by atoms with Gasteiger partial charge in [0.15, 0.2) is 5.78 Å². The van der Waals surface area contributed by atoms with Gasteiger partial charge >= 0.3 is 0 Å². The van der Waals surface area contributed by atoms with Gasteiger partial charge < -0.3 is 10.1 Å². The molecule has 33 heavy (non-hydrogen) atoms. The molecule has 6 nitrogen and oxygen atoms in total. The number of carbonyl (C=O) groups is 2. The van der Waals surface area contributed by atoms with Gasteiger partial charge in [0.25, 0.3) is 11.5 Å². The predicted molar refractivity (Wildman–Crippen MR) is 129 cm³/mol. The number of ether oxygens (including phenoxy) is 1. The van der Waals surface area contributed by atoms with Crippen molar-refractivity contribution in [3.63, 3.8) is 0 Å². The summed E-state index contributed by atoms with van der Waals surface area (Å²) in [6, 6.07) is 16.0. The van der Waals surface area contributed by atoms with Crippen molar-refractivity contribution in [3.8, 4) is 11.4 Å². The Hall–Kier alpha value is -3.67. The van der Waals surface area contributed by atoms with Gasteiger partial charge in [-0.15, -0.1) is 0 Å². The van der Waals surface area contributed by atoms with E-state index in [1.807, 2.05) is 31.2 Å². The minimum absolute atomic E-state index is 0.0419. The smallest absolute Gasteiger partial charge is 0.268 e. The second kappa shape index (κ2) is 9.86. The first-order valence-corrected chi connectivity index (χ1v) is 11.4. The number of amides is 1. The van der Waals surface area contributed by atoms with E-state index in [1.54, 1.807) is 24.3 Å². The van der Waals surface area contributed by atoms with Crippen LogP contribution < -0.4 is 15.6 Å². The topological polar surface area (TPSA) is 77.4 Å². The van der Waals surface area contributed by atoms with Crippen molar-refractivity contribution in [3.05, 3.63) is 87.3 Å². The molecule has 0 saturated carbocycles. The monoisotopic (exact) mass is 444 g/mol. The molecule has 1 aliphatic rings. The minimum Gasteiger partial charge on any atom is -0.494 e. The fourth-order valence-corrected chi connectivity index (χ4v) is 3.99. The van der Waals surface area contributed by atoms with Crippen LogP contribution in [0.5, 0.6) is 5.75 Å². The summed E-state index contributed by atoms with van der Waals surface area (Å²) in [6.07, 6.45) is 3.75. The number of nitrogens with one attached hydrogen (secondary N) is 1. The molecule has 4 rings (SSSR count). The standard InChI is InChI=1S/C27H28N2O4/c1-3-4-16-33-21-14-10-19(11-15-21)28-26(31)23-17-22-24(6-5-7-25(22)30)29(27(23)32)20-12-8-18(2)9-13-20/h8-15,17H,3-7,16H2,1-2H3,(H,28,31). The van der Waals surface area contributed by atoms with Gasteiger partial charge in [-0.25, -0.2) is 0 Å². The Kier molecular flexibility index (Phi) is 6.73. The molecule has 1 heterocycles. The fraction of sp³-hybridized carbons (Fsp3) is 0.296. The highest BCUT2D eigenvalue weighted by molar-refractivity contribution is 6.06. The maximum Gasteiger partial charge on any atom is 0.268 e. The molecule has 0 aliphatic heterocycles. The third-order valence-corrected chi connectivity index (χ3v) is 5.84. The average Bonchev–Trinajstić information content (AvgIpc) is 2.81. The zero-order chi connectivity index (χ0) is 23.4. The number of fused-ring (bicyclic) bond motifs is 1. The van der Waals surface area contributed by atoms with E-state index in [9.17, 15) is 14.4 Å². The molecule has 1 N–H and O–H groups in total. The number of rotatable bonds is 7. The molecule has 6 heteroatoms. The summed E-state index contributed by atoms with van der Waals surface area (Å²) in [7, 11) is 0. The van der Waals surface area contributed by atoms with E-state index < -0.39 is 11.5 Å². The Morgan fingerprint density at radius 3 is 2.45 bits per heavy atom. The molecule has 0 unspecified atom stereocenters. The van der Waals surface area contributed by atoms with Crippen LogP contribution in [0.15, 0.2) is 59.4 Å². The maximum absolute atomic E-state index is 13.4. The van der Waals surface area contributed by atoms with Crippen molar-refractivity contribution in [2.75, 3.05) is 11.9 Å². The number of carbonyl (C=O) groups excluding carboxylic acids is 2. The Balaban J connectivity index is 1.67. The van der Waals surface area contributed by atoms with Crippen LogP contribution >= 0.6 is 0 Å². The summed E-state index contributed by atoms with van der Waals surface area (Å²) in [5.74, 6) is 0.143. The van der Waals surface area contributed by atoms with Crippen LogP contribution in [0.2, 0.25) is 0 Å². The van der Waals surface area contributed by atoms with Crippen LogP contribution in [0, 0.1) is 6.92 Å². The van der Waals surface area contributed by atoms with Gasteiger partial charge in [0.2, 0.25) is 0 Å². The highest BCUT2D eigenvalue weighted by atomic mass is 16.5. The number of benzene rings is 2. The molecular weight excluding hydrogens is 416 g/mol. The lowest BCUT2D eigenvalue weighted by Crippen LogP contribution is -2.33. The number of aryl methyl sites for hydroxylation is 1. The second-order valence-electron chi connectivity index (χ2n) is 8.35. The molecule has 0 saturated heterocycles. The summed E-state index contributed by atoms with van der Waals surface area (Å²) in [4.78, 5) is 39.2. The summed E-state index contributed by atoms with van der Waals surface area (Å²) < 4.78 is 7.17. The van der Waals surface area contributed by atoms with Crippen LogP contribution in [0.4, 0.5) is 5.69 Å². The normalized spacial score (nSPS) is 12.8. The lowest BCUT2D eigenvalue weighted by Gasteiger charge is -2.21. The Labute approximate surface area is 193 Å². The number of anilines is 1. The van der Waals surface area contributed by atoms with Crippen LogP contribution in [0.25, 0.3) is 5.69 Å². The van der Waals surface area contributed by atoms with Crippen molar-refractivity contribution in [2.45, 2.75) is 46.0 Å². The highest BCUT2D eigenvalue weighted by Crippen LogP contribution is 2.24. The molecule has 0 radical (unpaired) electrons. The number of pyridine rings is 1. The van der Waals surface area contributed by atoms with Gasteiger partial charge in [-0.1, -0.05) is 31.0 Å². The van der Waals surface area contributed by atoms with Crippen molar-refractivity contribution < 1.29 is 14.3 Å². The zero-order valence-electron chi connectivity index (χ0n) is 19.0. The zero-order valence-corrected chi connectivity index (χ0v) is 19.0. The van der Waals surface area contributed by atoms with Gasteiger partial charge in [0, 0.05) is 29.1 Å². The SMILES string of the molecule is CCCCOc1ccc(NC(=O)c2cc3c(n(-c4ccc(C)cc4)c2=O)CCCC3=O)cc1. The quantitative estimate of drug-likeness (QED) is 0.515. The summed E-state index contributed by atoms with van der Waals surface area (Å²) in [6.45, 7) is 4.71. The molecule has 1 amide bonds. The third kappa shape index (κ3) is 4.90. The molecule has 170 valence electrons. The largest absolute Gasteiger partial charge is 0.494 e. The molecule has 1 aromatic heterocycles. The van der Waals surface area contributed by atoms with E-state index in [1.165, 1.54) is 10.6 Å². The first kappa shape index (κ1) is 22.5. The van der Waals surface area contributed by atoms with Gasteiger partial charge in [-0.05, 0) is 68.7 Å². The Morgan fingerprint density at radius 1 is 1.03 bits per heavy atom. The molecule has 0 atom stereocenters.